The number of aryl methyl sites for hydroxylation is 1. The van der Waals surface area contributed by atoms with Crippen LogP contribution < -0.4 is 0 Å². The average molecular weight is 158 g/mol. The standard InChI is InChI=1S/C9H8N3/c1-12-9(10-7-11-12)8-5-3-2-4-6-8/h2-5,7H,1H3. The lowest BCUT2D eigenvalue weighted by Crippen LogP contribution is -1.93. The van der Waals surface area contributed by atoms with Crippen LogP contribution in [0, 0.1) is 6.07 Å². The smallest absolute Gasteiger partial charge is 0.158 e. The number of hydrogen-bond donors (Lipinski definition) is 0. The normalized spacial score (nSPS) is 10.1. The van der Waals surface area contributed by atoms with Gasteiger partial charge in [-0.05, 0) is 6.07 Å². The van der Waals surface area contributed by atoms with Crippen LogP contribution in [0.2, 0.25) is 0 Å². The fourth-order valence-electron chi connectivity index (χ4n) is 1.07. The minimum atomic E-state index is 0.843. The Kier molecular flexibility index (Phi) is 1.63. The average Bonchev–Trinajstić information content (AvgIpc) is 2.53. The molecule has 0 saturated heterocycles. The summed E-state index contributed by atoms with van der Waals surface area (Å²) in [5.41, 5.74) is 0.970. The quantitative estimate of drug-likeness (QED) is 0.626. The first-order valence-corrected chi connectivity index (χ1v) is 3.69. The van der Waals surface area contributed by atoms with E-state index in [0.29, 0.717) is 0 Å². The molecule has 1 aromatic carbocycles. The van der Waals surface area contributed by atoms with Gasteiger partial charge in [-0.25, -0.2) is 9.67 Å². The van der Waals surface area contributed by atoms with Crippen molar-refractivity contribution in [3.63, 3.8) is 0 Å². The van der Waals surface area contributed by atoms with E-state index in [-0.39, 0.29) is 0 Å². The molecular formula is C9H8N3. The van der Waals surface area contributed by atoms with Gasteiger partial charge in [-0.15, -0.1) is 0 Å². The Balaban J connectivity index is 2.51. The predicted molar refractivity (Wildman–Crippen MR) is 45.3 cm³/mol. The molecule has 0 unspecified atom stereocenters. The van der Waals surface area contributed by atoms with E-state index >= 15 is 0 Å². The van der Waals surface area contributed by atoms with E-state index in [2.05, 4.69) is 16.1 Å². The number of aromatic nitrogens is 3. The molecule has 59 valence electrons. The highest BCUT2D eigenvalue weighted by Crippen LogP contribution is 2.12. The molecule has 0 amide bonds. The number of nitrogens with zero attached hydrogens (tertiary/aromatic N) is 3. The molecule has 0 bridgehead atoms. The van der Waals surface area contributed by atoms with Crippen LogP contribution in [0.4, 0.5) is 0 Å². The molecule has 1 aromatic heterocycles. The molecule has 2 aromatic rings. The fraction of sp³-hybridized carbons (Fsp3) is 0.111. The van der Waals surface area contributed by atoms with Crippen molar-refractivity contribution < 1.29 is 0 Å². The van der Waals surface area contributed by atoms with Crippen LogP contribution in [-0.2, 0) is 7.05 Å². The summed E-state index contributed by atoms with van der Waals surface area (Å²) in [4.78, 5) is 4.11. The lowest BCUT2D eigenvalue weighted by molar-refractivity contribution is 0.774. The van der Waals surface area contributed by atoms with Gasteiger partial charge in [0.1, 0.15) is 6.33 Å². The third kappa shape index (κ3) is 1.09. The van der Waals surface area contributed by atoms with E-state index < -0.39 is 0 Å². The summed E-state index contributed by atoms with van der Waals surface area (Å²) in [5.74, 6) is 0.843. The highest BCUT2D eigenvalue weighted by atomic mass is 15.3. The van der Waals surface area contributed by atoms with Gasteiger partial charge in [-0.2, -0.15) is 5.10 Å². The van der Waals surface area contributed by atoms with Crippen molar-refractivity contribution in [2.75, 3.05) is 0 Å². The highest BCUT2D eigenvalue weighted by molar-refractivity contribution is 5.53. The van der Waals surface area contributed by atoms with E-state index in [4.69, 9.17) is 0 Å². The topological polar surface area (TPSA) is 30.7 Å². The van der Waals surface area contributed by atoms with Crippen molar-refractivity contribution in [3.05, 3.63) is 36.7 Å². The molecule has 0 aliphatic rings. The van der Waals surface area contributed by atoms with Crippen LogP contribution in [0.5, 0.6) is 0 Å². The Labute approximate surface area is 70.7 Å². The van der Waals surface area contributed by atoms with Gasteiger partial charge in [0.15, 0.2) is 5.82 Å². The molecule has 1 heterocycles. The van der Waals surface area contributed by atoms with Gasteiger partial charge in [-0.1, -0.05) is 24.3 Å². The molecule has 0 atom stereocenters. The van der Waals surface area contributed by atoms with E-state index in [1.807, 2.05) is 31.3 Å². The first kappa shape index (κ1) is 7.03. The molecule has 0 spiro atoms. The van der Waals surface area contributed by atoms with Crippen molar-refractivity contribution in [2.45, 2.75) is 0 Å². The van der Waals surface area contributed by atoms with Crippen molar-refractivity contribution >= 4 is 0 Å². The second-order valence-electron chi connectivity index (χ2n) is 2.48. The molecule has 0 aliphatic heterocycles. The molecule has 3 heteroatoms. The second-order valence-corrected chi connectivity index (χ2v) is 2.48. The van der Waals surface area contributed by atoms with Crippen molar-refractivity contribution in [1.82, 2.24) is 14.8 Å². The van der Waals surface area contributed by atoms with Gasteiger partial charge in [0.05, 0.1) is 0 Å². The SMILES string of the molecule is Cn1ncnc1-c1[c]cccc1. The summed E-state index contributed by atoms with van der Waals surface area (Å²) < 4.78 is 1.73. The fourth-order valence-corrected chi connectivity index (χ4v) is 1.07. The molecular weight excluding hydrogens is 150 g/mol. The predicted octanol–water partition coefficient (Wildman–Crippen LogP) is 1.28. The molecule has 2 rings (SSSR count). The van der Waals surface area contributed by atoms with Crippen LogP contribution in [0.15, 0.2) is 30.6 Å². The van der Waals surface area contributed by atoms with Crippen LogP contribution in [0.1, 0.15) is 0 Å². The van der Waals surface area contributed by atoms with Crippen molar-refractivity contribution in [1.29, 1.82) is 0 Å². The van der Waals surface area contributed by atoms with E-state index in [1.165, 1.54) is 6.33 Å². The van der Waals surface area contributed by atoms with Gasteiger partial charge in [-0.3, -0.25) is 0 Å². The van der Waals surface area contributed by atoms with Crippen LogP contribution >= 0.6 is 0 Å². The lowest BCUT2D eigenvalue weighted by Gasteiger charge is -1.97. The number of hydrogen-bond acceptors (Lipinski definition) is 2. The lowest BCUT2D eigenvalue weighted by atomic mass is 10.2. The molecule has 3 nitrogen and oxygen atoms in total. The summed E-state index contributed by atoms with van der Waals surface area (Å²) in [6, 6.07) is 10.8. The van der Waals surface area contributed by atoms with Crippen molar-refractivity contribution in [3.8, 4) is 11.4 Å². The van der Waals surface area contributed by atoms with E-state index in [1.54, 1.807) is 4.68 Å². The van der Waals surface area contributed by atoms with Crippen LogP contribution in [0.25, 0.3) is 11.4 Å². The zero-order chi connectivity index (χ0) is 8.39. The van der Waals surface area contributed by atoms with Gasteiger partial charge < -0.3 is 0 Å². The first-order chi connectivity index (χ1) is 5.88. The summed E-state index contributed by atoms with van der Waals surface area (Å²) in [6.07, 6.45) is 1.54. The minimum absolute atomic E-state index is 0.843. The Morgan fingerprint density at radius 2 is 2.33 bits per heavy atom. The maximum atomic E-state index is 4.11. The van der Waals surface area contributed by atoms with Crippen LogP contribution in [0.3, 0.4) is 0 Å². The van der Waals surface area contributed by atoms with Crippen LogP contribution in [-0.4, -0.2) is 14.8 Å². The maximum absolute atomic E-state index is 4.11. The zero-order valence-electron chi connectivity index (χ0n) is 6.73. The summed E-state index contributed by atoms with van der Waals surface area (Å²) in [5, 5.41) is 3.98. The molecule has 0 N–H and O–H groups in total. The molecule has 0 aliphatic carbocycles. The first-order valence-electron chi connectivity index (χ1n) is 3.69. The highest BCUT2D eigenvalue weighted by Gasteiger charge is 2.01. The van der Waals surface area contributed by atoms with E-state index in [9.17, 15) is 0 Å². The Morgan fingerprint density at radius 3 is 2.92 bits per heavy atom. The molecule has 12 heavy (non-hydrogen) atoms. The molecule has 1 radical (unpaired) electrons. The third-order valence-corrected chi connectivity index (χ3v) is 1.66. The minimum Gasteiger partial charge on any atom is -0.249 e. The van der Waals surface area contributed by atoms with Gasteiger partial charge in [0, 0.05) is 12.6 Å². The third-order valence-electron chi connectivity index (χ3n) is 1.66. The zero-order valence-corrected chi connectivity index (χ0v) is 6.73. The summed E-state index contributed by atoms with van der Waals surface area (Å²) in [6.45, 7) is 0. The largest absolute Gasteiger partial charge is 0.249 e. The molecule has 0 saturated carbocycles. The van der Waals surface area contributed by atoms with Gasteiger partial charge in [0.25, 0.3) is 0 Å². The van der Waals surface area contributed by atoms with Gasteiger partial charge >= 0.3 is 0 Å². The Hall–Kier alpha value is -1.64. The number of rotatable bonds is 1. The Morgan fingerprint density at radius 1 is 1.42 bits per heavy atom. The Bertz CT molecular complexity index is 364. The van der Waals surface area contributed by atoms with E-state index in [0.717, 1.165) is 11.4 Å². The van der Waals surface area contributed by atoms with Crippen molar-refractivity contribution in [2.24, 2.45) is 7.05 Å². The summed E-state index contributed by atoms with van der Waals surface area (Å²) in [7, 11) is 1.86. The van der Waals surface area contributed by atoms with Gasteiger partial charge in [0.2, 0.25) is 0 Å². The maximum Gasteiger partial charge on any atom is 0.158 e. The second kappa shape index (κ2) is 2.77. The number of benzene rings is 1. The summed E-state index contributed by atoms with van der Waals surface area (Å²) >= 11 is 0. The monoisotopic (exact) mass is 158 g/mol. The molecule has 0 fully saturated rings.